The van der Waals surface area contributed by atoms with Crippen molar-refractivity contribution in [1.29, 1.82) is 0 Å². The highest BCUT2D eigenvalue weighted by Crippen LogP contribution is 2.40. The Bertz CT molecular complexity index is 864. The van der Waals surface area contributed by atoms with Gasteiger partial charge in [0.05, 0.1) is 24.7 Å². The lowest BCUT2D eigenvalue weighted by Crippen LogP contribution is -2.52. The molecule has 2 aromatic rings. The van der Waals surface area contributed by atoms with Gasteiger partial charge in [-0.3, -0.25) is 4.98 Å². The van der Waals surface area contributed by atoms with Crippen molar-refractivity contribution in [3.8, 4) is 0 Å². The molecule has 0 bridgehead atoms. The lowest BCUT2D eigenvalue weighted by Gasteiger charge is -2.36. The zero-order valence-electron chi connectivity index (χ0n) is 16.9. The molecule has 1 spiro atoms. The summed E-state index contributed by atoms with van der Waals surface area (Å²) < 4.78 is 0. The van der Waals surface area contributed by atoms with E-state index < -0.39 is 0 Å². The van der Waals surface area contributed by atoms with Crippen LogP contribution in [0.25, 0.3) is 0 Å². The number of anilines is 4. The maximum atomic E-state index is 9.43. The zero-order chi connectivity index (χ0) is 19.8. The van der Waals surface area contributed by atoms with Crippen molar-refractivity contribution in [3.63, 3.8) is 0 Å². The van der Waals surface area contributed by atoms with Gasteiger partial charge in [0.15, 0.2) is 0 Å². The summed E-state index contributed by atoms with van der Waals surface area (Å²) in [6.45, 7) is 4.97. The molecule has 0 unspecified atom stereocenters. The Morgan fingerprint density at radius 1 is 1.21 bits per heavy atom. The summed E-state index contributed by atoms with van der Waals surface area (Å²) in [5.41, 5.74) is 2.50. The van der Waals surface area contributed by atoms with Gasteiger partial charge in [0.2, 0.25) is 0 Å². The maximum absolute atomic E-state index is 9.43. The standard InChI is InChI=1S/C21H29N7O/c1-14(12-29)25-18-8-16(28-7-6-24-21(13-28)4-5-21)9-19(26-18)27-20-11-22-17(10-23-20)15-2-3-15/h8-11,14-15,24,29H,2-7,12-13H2,1H3,(H2,23,25,26,27)/t14-/m0/s1. The van der Waals surface area contributed by atoms with Gasteiger partial charge in [-0.25, -0.2) is 9.97 Å². The molecule has 4 N–H and O–H groups in total. The summed E-state index contributed by atoms with van der Waals surface area (Å²) >= 11 is 0. The fourth-order valence-electron chi connectivity index (χ4n) is 3.92. The quantitative estimate of drug-likeness (QED) is 0.567. The van der Waals surface area contributed by atoms with Crippen LogP contribution in [0.15, 0.2) is 24.5 Å². The van der Waals surface area contributed by atoms with E-state index >= 15 is 0 Å². The first-order valence-corrected chi connectivity index (χ1v) is 10.6. The number of rotatable bonds is 7. The normalized spacial score (nSPS) is 21.1. The number of hydrogen-bond donors (Lipinski definition) is 4. The van der Waals surface area contributed by atoms with Crippen LogP contribution < -0.4 is 20.9 Å². The molecule has 2 aromatic heterocycles. The minimum absolute atomic E-state index is 0.0551. The first-order valence-electron chi connectivity index (χ1n) is 10.6. The van der Waals surface area contributed by atoms with Crippen LogP contribution in [0.2, 0.25) is 0 Å². The summed E-state index contributed by atoms with van der Waals surface area (Å²) in [6.07, 6.45) is 8.58. The second-order valence-corrected chi connectivity index (χ2v) is 8.68. The molecule has 1 atom stereocenters. The topological polar surface area (TPSA) is 98.2 Å². The molecule has 0 aromatic carbocycles. The molecule has 8 nitrogen and oxygen atoms in total. The van der Waals surface area contributed by atoms with E-state index in [0.717, 1.165) is 42.7 Å². The fourth-order valence-corrected chi connectivity index (χ4v) is 3.92. The molecule has 29 heavy (non-hydrogen) atoms. The molecule has 8 heteroatoms. The van der Waals surface area contributed by atoms with Crippen LogP contribution in [-0.2, 0) is 0 Å². The first-order chi connectivity index (χ1) is 14.1. The van der Waals surface area contributed by atoms with E-state index in [1.807, 2.05) is 13.1 Å². The molecule has 2 aliphatic carbocycles. The van der Waals surface area contributed by atoms with E-state index in [9.17, 15) is 5.11 Å². The predicted octanol–water partition coefficient (Wildman–Crippen LogP) is 2.23. The van der Waals surface area contributed by atoms with Crippen LogP contribution in [0.1, 0.15) is 44.2 Å². The SMILES string of the molecule is C[C@@H](CO)Nc1cc(N2CCNC3(CC3)C2)cc(Nc2cnc(C3CC3)cn2)n1. The van der Waals surface area contributed by atoms with Crippen molar-refractivity contribution < 1.29 is 5.11 Å². The Labute approximate surface area is 171 Å². The number of nitrogens with one attached hydrogen (secondary N) is 3. The minimum atomic E-state index is -0.0685. The minimum Gasteiger partial charge on any atom is -0.394 e. The van der Waals surface area contributed by atoms with Crippen molar-refractivity contribution in [2.45, 2.75) is 50.1 Å². The molecule has 2 saturated carbocycles. The van der Waals surface area contributed by atoms with Crippen molar-refractivity contribution in [1.82, 2.24) is 20.3 Å². The third-order valence-corrected chi connectivity index (χ3v) is 6.00. The average Bonchev–Trinajstić information content (AvgIpc) is 3.66. The Hall–Kier alpha value is -2.45. The summed E-state index contributed by atoms with van der Waals surface area (Å²) in [5, 5.41) is 19.7. The second-order valence-electron chi connectivity index (χ2n) is 8.68. The van der Waals surface area contributed by atoms with Gasteiger partial charge in [-0.15, -0.1) is 0 Å². The lowest BCUT2D eigenvalue weighted by atomic mass is 10.1. The molecule has 0 amide bonds. The predicted molar refractivity (Wildman–Crippen MR) is 114 cm³/mol. The summed E-state index contributed by atoms with van der Waals surface area (Å²) in [5.74, 6) is 2.76. The highest BCUT2D eigenvalue weighted by atomic mass is 16.3. The smallest absolute Gasteiger partial charge is 0.150 e. The number of pyridine rings is 1. The van der Waals surface area contributed by atoms with Crippen molar-refractivity contribution in [2.75, 3.05) is 41.8 Å². The highest BCUT2D eigenvalue weighted by Gasteiger charge is 2.45. The molecule has 5 rings (SSSR count). The van der Waals surface area contributed by atoms with Gasteiger partial charge in [-0.1, -0.05) is 0 Å². The zero-order valence-corrected chi connectivity index (χ0v) is 16.9. The van der Waals surface area contributed by atoms with Crippen LogP contribution in [0.5, 0.6) is 0 Å². The van der Waals surface area contributed by atoms with Crippen LogP contribution >= 0.6 is 0 Å². The largest absolute Gasteiger partial charge is 0.394 e. The van der Waals surface area contributed by atoms with E-state index in [-0.39, 0.29) is 12.6 Å². The van der Waals surface area contributed by atoms with Crippen LogP contribution in [0, 0.1) is 0 Å². The Morgan fingerprint density at radius 3 is 2.72 bits per heavy atom. The van der Waals surface area contributed by atoms with Crippen molar-refractivity contribution in [3.05, 3.63) is 30.2 Å². The van der Waals surface area contributed by atoms with Gasteiger partial charge >= 0.3 is 0 Å². The van der Waals surface area contributed by atoms with Crippen LogP contribution in [0.3, 0.4) is 0 Å². The number of aliphatic hydroxyl groups excluding tert-OH is 1. The molecule has 154 valence electrons. The third kappa shape index (κ3) is 4.28. The van der Waals surface area contributed by atoms with Gasteiger partial charge < -0.3 is 26.0 Å². The average molecular weight is 396 g/mol. The summed E-state index contributed by atoms with van der Waals surface area (Å²) in [7, 11) is 0. The van der Waals surface area contributed by atoms with E-state index in [4.69, 9.17) is 0 Å². The molecular formula is C21H29N7O. The van der Waals surface area contributed by atoms with Crippen LogP contribution in [0.4, 0.5) is 23.1 Å². The second kappa shape index (κ2) is 7.42. The first kappa shape index (κ1) is 18.6. The lowest BCUT2D eigenvalue weighted by molar-refractivity contribution is 0.281. The van der Waals surface area contributed by atoms with Gasteiger partial charge in [-0.2, -0.15) is 0 Å². The Kier molecular flexibility index (Phi) is 4.75. The number of aliphatic hydroxyl groups is 1. The number of nitrogens with zero attached hydrogens (tertiary/aromatic N) is 4. The van der Waals surface area contributed by atoms with Crippen LogP contribution in [-0.4, -0.2) is 57.9 Å². The molecule has 0 radical (unpaired) electrons. The molecule has 3 fully saturated rings. The monoisotopic (exact) mass is 395 g/mol. The van der Waals surface area contributed by atoms with E-state index in [1.54, 1.807) is 6.20 Å². The Morgan fingerprint density at radius 2 is 2.03 bits per heavy atom. The van der Waals surface area contributed by atoms with Gasteiger partial charge in [-0.05, 0) is 32.6 Å². The molecular weight excluding hydrogens is 366 g/mol. The molecule has 3 aliphatic rings. The van der Waals surface area contributed by atoms with Gasteiger partial charge in [0, 0.05) is 55.0 Å². The maximum Gasteiger partial charge on any atom is 0.150 e. The van der Waals surface area contributed by atoms with Crippen molar-refractivity contribution >= 4 is 23.1 Å². The molecule has 3 heterocycles. The van der Waals surface area contributed by atoms with E-state index in [1.165, 1.54) is 25.7 Å². The number of piperazine rings is 1. The van der Waals surface area contributed by atoms with E-state index in [0.29, 0.717) is 17.3 Å². The highest BCUT2D eigenvalue weighted by molar-refractivity contribution is 5.65. The van der Waals surface area contributed by atoms with Gasteiger partial charge in [0.25, 0.3) is 0 Å². The van der Waals surface area contributed by atoms with Crippen molar-refractivity contribution in [2.24, 2.45) is 0 Å². The molecule has 1 aliphatic heterocycles. The fraction of sp³-hybridized carbons (Fsp3) is 0.571. The number of hydrogen-bond acceptors (Lipinski definition) is 8. The summed E-state index contributed by atoms with van der Waals surface area (Å²) in [4.78, 5) is 16.2. The third-order valence-electron chi connectivity index (χ3n) is 6.00. The van der Waals surface area contributed by atoms with Gasteiger partial charge in [0.1, 0.15) is 17.5 Å². The molecule has 1 saturated heterocycles. The number of aromatic nitrogens is 3. The Balaban J connectivity index is 1.39. The van der Waals surface area contributed by atoms with E-state index in [2.05, 4.69) is 47.9 Å². The summed E-state index contributed by atoms with van der Waals surface area (Å²) in [6, 6.07) is 4.08.